The standard InChI is InChI=1S/C21H17ClN2O3/c1-27-19-10-3-6-15(20(19)25)13-23-17-8-4-9-18(12-17)24-21(26)14-5-2-7-16(22)11-14/h2-13,25H,1H3,(H,24,26). The van der Waals surface area contributed by atoms with Crippen molar-refractivity contribution >= 4 is 35.1 Å². The highest BCUT2D eigenvalue weighted by Gasteiger charge is 2.07. The van der Waals surface area contributed by atoms with E-state index in [1.165, 1.54) is 13.3 Å². The number of anilines is 1. The van der Waals surface area contributed by atoms with Gasteiger partial charge in [-0.15, -0.1) is 0 Å². The van der Waals surface area contributed by atoms with E-state index in [1.807, 2.05) is 0 Å². The Morgan fingerprint density at radius 3 is 2.67 bits per heavy atom. The Bertz CT molecular complexity index is 1000. The van der Waals surface area contributed by atoms with Gasteiger partial charge >= 0.3 is 0 Å². The van der Waals surface area contributed by atoms with Crippen LogP contribution >= 0.6 is 11.6 Å². The maximum absolute atomic E-state index is 12.3. The number of carbonyl (C=O) groups is 1. The van der Waals surface area contributed by atoms with Crippen LogP contribution in [-0.2, 0) is 0 Å². The van der Waals surface area contributed by atoms with E-state index in [-0.39, 0.29) is 11.7 Å². The molecule has 0 bridgehead atoms. The van der Waals surface area contributed by atoms with Gasteiger partial charge < -0.3 is 15.2 Å². The minimum Gasteiger partial charge on any atom is -0.504 e. The molecule has 6 heteroatoms. The number of nitrogens with zero attached hydrogens (tertiary/aromatic N) is 1. The average Bonchev–Trinajstić information content (AvgIpc) is 2.67. The van der Waals surface area contributed by atoms with Gasteiger partial charge in [-0.2, -0.15) is 0 Å². The van der Waals surface area contributed by atoms with Gasteiger partial charge in [-0.1, -0.05) is 29.8 Å². The molecule has 3 rings (SSSR count). The van der Waals surface area contributed by atoms with Gasteiger partial charge in [-0.3, -0.25) is 9.79 Å². The minimum absolute atomic E-state index is 0.0224. The number of rotatable bonds is 5. The molecule has 0 atom stereocenters. The van der Waals surface area contributed by atoms with Gasteiger partial charge in [0.05, 0.1) is 12.8 Å². The van der Waals surface area contributed by atoms with Crippen molar-refractivity contribution in [2.24, 2.45) is 4.99 Å². The molecule has 2 N–H and O–H groups in total. The number of phenols is 1. The number of hydrogen-bond acceptors (Lipinski definition) is 4. The van der Waals surface area contributed by atoms with Gasteiger partial charge in [-0.05, 0) is 48.5 Å². The lowest BCUT2D eigenvalue weighted by Gasteiger charge is -2.07. The Kier molecular flexibility index (Phi) is 5.74. The summed E-state index contributed by atoms with van der Waals surface area (Å²) in [5, 5.41) is 13.4. The van der Waals surface area contributed by atoms with Crippen molar-refractivity contribution in [2.45, 2.75) is 0 Å². The molecule has 27 heavy (non-hydrogen) atoms. The molecule has 0 spiro atoms. The van der Waals surface area contributed by atoms with Crippen LogP contribution in [0.5, 0.6) is 11.5 Å². The summed E-state index contributed by atoms with van der Waals surface area (Å²) in [7, 11) is 1.49. The van der Waals surface area contributed by atoms with E-state index >= 15 is 0 Å². The Morgan fingerprint density at radius 1 is 1.11 bits per heavy atom. The fourth-order valence-corrected chi connectivity index (χ4v) is 2.64. The van der Waals surface area contributed by atoms with Crippen LogP contribution in [0, 0.1) is 0 Å². The molecule has 0 heterocycles. The lowest BCUT2D eigenvalue weighted by molar-refractivity contribution is 0.102. The Hall–Kier alpha value is -3.31. The lowest BCUT2D eigenvalue weighted by Crippen LogP contribution is -2.11. The monoisotopic (exact) mass is 380 g/mol. The highest BCUT2D eigenvalue weighted by molar-refractivity contribution is 6.31. The van der Waals surface area contributed by atoms with Gasteiger partial charge in [0, 0.05) is 28.1 Å². The molecule has 0 saturated carbocycles. The summed E-state index contributed by atoms with van der Waals surface area (Å²) >= 11 is 5.92. The van der Waals surface area contributed by atoms with Gasteiger partial charge in [-0.25, -0.2) is 0 Å². The molecular formula is C21H17ClN2O3. The zero-order chi connectivity index (χ0) is 19.2. The Morgan fingerprint density at radius 2 is 1.89 bits per heavy atom. The highest BCUT2D eigenvalue weighted by atomic mass is 35.5. The number of hydrogen-bond donors (Lipinski definition) is 2. The third kappa shape index (κ3) is 4.65. The fourth-order valence-electron chi connectivity index (χ4n) is 2.45. The first kappa shape index (κ1) is 18.5. The van der Waals surface area contributed by atoms with E-state index in [4.69, 9.17) is 16.3 Å². The number of nitrogens with one attached hydrogen (secondary N) is 1. The summed E-state index contributed by atoms with van der Waals surface area (Å²) in [6.07, 6.45) is 1.54. The molecule has 3 aromatic carbocycles. The van der Waals surface area contributed by atoms with Crippen molar-refractivity contribution in [1.82, 2.24) is 0 Å². The summed E-state index contributed by atoms with van der Waals surface area (Å²) in [6.45, 7) is 0. The van der Waals surface area contributed by atoms with Crippen molar-refractivity contribution in [2.75, 3.05) is 12.4 Å². The van der Waals surface area contributed by atoms with Crippen molar-refractivity contribution < 1.29 is 14.6 Å². The van der Waals surface area contributed by atoms with Gasteiger partial charge in [0.2, 0.25) is 0 Å². The molecule has 0 aliphatic rings. The zero-order valence-corrected chi connectivity index (χ0v) is 15.3. The third-order valence-corrected chi connectivity index (χ3v) is 4.03. The first-order valence-corrected chi connectivity index (χ1v) is 8.51. The molecule has 3 aromatic rings. The number of carbonyl (C=O) groups excluding carboxylic acids is 1. The summed E-state index contributed by atoms with van der Waals surface area (Å²) in [5.41, 5.74) is 2.23. The van der Waals surface area contributed by atoms with Crippen molar-refractivity contribution in [3.05, 3.63) is 82.9 Å². The van der Waals surface area contributed by atoms with E-state index in [0.29, 0.717) is 33.3 Å². The van der Waals surface area contributed by atoms with E-state index in [0.717, 1.165) is 0 Å². The molecule has 0 radical (unpaired) electrons. The van der Waals surface area contributed by atoms with Crippen LogP contribution in [0.3, 0.4) is 0 Å². The molecule has 1 amide bonds. The maximum atomic E-state index is 12.3. The Labute approximate surface area is 161 Å². The largest absolute Gasteiger partial charge is 0.504 e. The fraction of sp³-hybridized carbons (Fsp3) is 0.0476. The molecule has 0 aliphatic heterocycles. The first-order valence-electron chi connectivity index (χ1n) is 8.14. The zero-order valence-electron chi connectivity index (χ0n) is 14.5. The SMILES string of the molecule is COc1cccc(C=Nc2cccc(NC(=O)c3cccc(Cl)c3)c2)c1O. The predicted molar refractivity (Wildman–Crippen MR) is 108 cm³/mol. The number of amides is 1. The molecule has 0 unspecified atom stereocenters. The third-order valence-electron chi connectivity index (χ3n) is 3.79. The van der Waals surface area contributed by atoms with Crippen LogP contribution in [0.2, 0.25) is 5.02 Å². The average molecular weight is 381 g/mol. The quantitative estimate of drug-likeness (QED) is 0.608. The number of phenolic OH excluding ortho intramolecular Hbond substituents is 1. The summed E-state index contributed by atoms with van der Waals surface area (Å²) in [4.78, 5) is 16.7. The second-order valence-electron chi connectivity index (χ2n) is 5.67. The smallest absolute Gasteiger partial charge is 0.255 e. The highest BCUT2D eigenvalue weighted by Crippen LogP contribution is 2.28. The van der Waals surface area contributed by atoms with Gasteiger partial charge in [0.1, 0.15) is 0 Å². The van der Waals surface area contributed by atoms with E-state index < -0.39 is 0 Å². The normalized spacial score (nSPS) is 10.7. The van der Waals surface area contributed by atoms with Crippen LogP contribution in [-0.4, -0.2) is 24.3 Å². The number of para-hydroxylation sites is 1. The number of aliphatic imine (C=N–C) groups is 1. The van der Waals surface area contributed by atoms with E-state index in [2.05, 4.69) is 10.3 Å². The maximum Gasteiger partial charge on any atom is 0.255 e. The summed E-state index contributed by atoms with van der Waals surface area (Å²) < 4.78 is 5.08. The van der Waals surface area contributed by atoms with Crippen molar-refractivity contribution in [1.29, 1.82) is 0 Å². The molecule has 5 nitrogen and oxygen atoms in total. The molecule has 0 saturated heterocycles. The van der Waals surface area contributed by atoms with E-state index in [9.17, 15) is 9.90 Å². The van der Waals surface area contributed by atoms with Crippen LogP contribution in [0.15, 0.2) is 71.7 Å². The van der Waals surface area contributed by atoms with Gasteiger partial charge in [0.25, 0.3) is 5.91 Å². The van der Waals surface area contributed by atoms with Crippen molar-refractivity contribution in [3.8, 4) is 11.5 Å². The topological polar surface area (TPSA) is 70.9 Å². The summed E-state index contributed by atoms with van der Waals surface area (Å²) in [6, 6.07) is 19.0. The van der Waals surface area contributed by atoms with Gasteiger partial charge in [0.15, 0.2) is 11.5 Å². The second kappa shape index (κ2) is 8.38. The molecular weight excluding hydrogens is 364 g/mol. The lowest BCUT2D eigenvalue weighted by atomic mass is 10.2. The number of ether oxygens (including phenoxy) is 1. The second-order valence-corrected chi connectivity index (χ2v) is 6.11. The summed E-state index contributed by atoms with van der Waals surface area (Å²) in [5.74, 6) is 0.139. The number of benzene rings is 3. The first-order chi connectivity index (χ1) is 13.1. The predicted octanol–water partition coefficient (Wildman–Crippen LogP) is 5.06. The number of methoxy groups -OCH3 is 1. The van der Waals surface area contributed by atoms with Crippen LogP contribution < -0.4 is 10.1 Å². The number of halogens is 1. The Balaban J connectivity index is 1.77. The molecule has 0 aliphatic carbocycles. The van der Waals surface area contributed by atoms with Crippen molar-refractivity contribution in [3.63, 3.8) is 0 Å². The molecule has 136 valence electrons. The minimum atomic E-state index is -0.260. The molecule has 0 fully saturated rings. The van der Waals surface area contributed by atoms with Crippen LogP contribution in [0.1, 0.15) is 15.9 Å². The molecule has 0 aromatic heterocycles. The van der Waals surface area contributed by atoms with Crippen LogP contribution in [0.25, 0.3) is 0 Å². The number of aromatic hydroxyl groups is 1. The van der Waals surface area contributed by atoms with E-state index in [1.54, 1.807) is 66.7 Å². The van der Waals surface area contributed by atoms with Crippen LogP contribution in [0.4, 0.5) is 11.4 Å².